The van der Waals surface area contributed by atoms with Crippen molar-refractivity contribution in [2.24, 2.45) is 5.92 Å². The van der Waals surface area contributed by atoms with E-state index in [0.29, 0.717) is 21.9 Å². The summed E-state index contributed by atoms with van der Waals surface area (Å²) in [7, 11) is -2.10. The number of hydrogen-bond donors (Lipinski definition) is 1. The van der Waals surface area contributed by atoms with Crippen LogP contribution in [0.25, 0.3) is 10.9 Å². The molecule has 0 aliphatic heterocycles. The van der Waals surface area contributed by atoms with Crippen molar-refractivity contribution in [2.45, 2.75) is 51.4 Å². The first-order chi connectivity index (χ1) is 13.3. The van der Waals surface area contributed by atoms with Crippen molar-refractivity contribution in [2.75, 3.05) is 14.1 Å². The van der Waals surface area contributed by atoms with Gasteiger partial charge in [0.25, 0.3) is 10.2 Å². The van der Waals surface area contributed by atoms with Crippen molar-refractivity contribution in [1.29, 1.82) is 0 Å². The van der Waals surface area contributed by atoms with Crippen LogP contribution in [0.4, 0.5) is 17.6 Å². The van der Waals surface area contributed by atoms with Crippen LogP contribution < -0.4 is 4.72 Å². The Hall–Kier alpha value is -1.65. The molecule has 10 heteroatoms. The lowest BCUT2D eigenvalue weighted by Gasteiger charge is -2.23. The van der Waals surface area contributed by atoms with Gasteiger partial charge in [0.15, 0.2) is 0 Å². The maximum atomic E-state index is 14.7. The quantitative estimate of drug-likeness (QED) is 0.659. The molecule has 5 nitrogen and oxygen atoms in total. The van der Waals surface area contributed by atoms with E-state index in [1.54, 1.807) is 15.4 Å². The largest absolute Gasteiger partial charge is 0.409 e. The van der Waals surface area contributed by atoms with Crippen LogP contribution in [0.2, 0.25) is 0 Å². The van der Waals surface area contributed by atoms with Gasteiger partial charge in [-0.15, -0.1) is 0 Å². The van der Waals surface area contributed by atoms with Crippen LogP contribution in [0.5, 0.6) is 0 Å². The molecule has 1 aliphatic rings. The predicted octanol–water partition coefficient (Wildman–Crippen LogP) is 4.31. The van der Waals surface area contributed by atoms with E-state index in [0.717, 1.165) is 33.0 Å². The number of rotatable bonds is 7. The third kappa shape index (κ3) is 4.59. The Labute approximate surface area is 167 Å². The van der Waals surface area contributed by atoms with E-state index in [2.05, 4.69) is 0 Å². The molecule has 0 radical (unpaired) electrons. The lowest BCUT2D eigenvalue weighted by atomic mass is 10.0. The second-order valence-corrected chi connectivity index (χ2v) is 10.1. The minimum atomic E-state index is -4.90. The molecule has 1 heterocycles. The third-order valence-electron chi connectivity index (χ3n) is 5.00. The number of alkyl halides is 3. The van der Waals surface area contributed by atoms with Gasteiger partial charge in [0, 0.05) is 43.3 Å². The maximum Gasteiger partial charge on any atom is 0.409 e. The summed E-state index contributed by atoms with van der Waals surface area (Å²) in [6.45, 7) is 4.27. The molecular formula is C19H25F4N3O2S. The Bertz CT molecular complexity index is 1010. The van der Waals surface area contributed by atoms with E-state index in [4.69, 9.17) is 0 Å². The molecule has 0 bridgehead atoms. The lowest BCUT2D eigenvalue weighted by Crippen LogP contribution is -2.43. The minimum absolute atomic E-state index is 0.0660. The molecule has 1 saturated carbocycles. The van der Waals surface area contributed by atoms with Crippen LogP contribution in [0, 0.1) is 11.7 Å². The molecule has 1 atom stereocenters. The molecular weight excluding hydrogens is 410 g/mol. The predicted molar refractivity (Wildman–Crippen MR) is 103 cm³/mol. The molecule has 1 aromatic carbocycles. The zero-order valence-electron chi connectivity index (χ0n) is 16.7. The molecule has 1 aliphatic carbocycles. The first-order valence-corrected chi connectivity index (χ1v) is 10.8. The molecule has 29 heavy (non-hydrogen) atoms. The van der Waals surface area contributed by atoms with Crippen LogP contribution in [-0.4, -0.2) is 37.6 Å². The van der Waals surface area contributed by atoms with Crippen molar-refractivity contribution in [3.63, 3.8) is 0 Å². The summed E-state index contributed by atoms with van der Waals surface area (Å²) >= 11 is 0. The van der Waals surface area contributed by atoms with Crippen molar-refractivity contribution in [1.82, 2.24) is 13.6 Å². The summed E-state index contributed by atoms with van der Waals surface area (Å²) < 4.78 is 84.6. The zero-order chi connectivity index (χ0) is 21.7. The summed E-state index contributed by atoms with van der Waals surface area (Å²) in [6.07, 6.45) is -1.90. The molecule has 162 valence electrons. The van der Waals surface area contributed by atoms with Gasteiger partial charge in [0.2, 0.25) is 0 Å². The van der Waals surface area contributed by atoms with Crippen molar-refractivity contribution >= 4 is 21.1 Å². The van der Waals surface area contributed by atoms with E-state index in [9.17, 15) is 26.0 Å². The van der Waals surface area contributed by atoms with Gasteiger partial charge in [0.05, 0.1) is 0 Å². The molecule has 2 aromatic rings. The second kappa shape index (κ2) is 7.55. The van der Waals surface area contributed by atoms with E-state index >= 15 is 0 Å². The molecule has 1 aromatic heterocycles. The van der Waals surface area contributed by atoms with Gasteiger partial charge in [-0.2, -0.15) is 30.6 Å². The number of fused-ring (bicyclic) bond motifs is 1. The number of halogens is 4. The highest BCUT2D eigenvalue weighted by molar-refractivity contribution is 7.87. The van der Waals surface area contributed by atoms with Crippen molar-refractivity contribution in [3.05, 3.63) is 35.3 Å². The highest BCUT2D eigenvalue weighted by Crippen LogP contribution is 2.44. The first kappa shape index (κ1) is 22.0. The number of aromatic nitrogens is 1. The lowest BCUT2D eigenvalue weighted by molar-refractivity contribution is -0.152. The second-order valence-electron chi connectivity index (χ2n) is 8.18. The average molecular weight is 435 g/mol. The van der Waals surface area contributed by atoms with Gasteiger partial charge in [-0.05, 0) is 42.4 Å². The van der Waals surface area contributed by atoms with Crippen LogP contribution in [0.1, 0.15) is 49.8 Å². The monoisotopic (exact) mass is 435 g/mol. The fraction of sp³-hybridized carbons (Fsp3) is 0.579. The van der Waals surface area contributed by atoms with Gasteiger partial charge in [-0.1, -0.05) is 13.8 Å². The highest BCUT2D eigenvalue weighted by Gasteiger charge is 2.45. The van der Waals surface area contributed by atoms with Crippen LogP contribution in [0.15, 0.2) is 18.3 Å². The first-order valence-electron chi connectivity index (χ1n) is 9.40. The smallest absolute Gasteiger partial charge is 0.347 e. The topological polar surface area (TPSA) is 54.3 Å². The van der Waals surface area contributed by atoms with Crippen LogP contribution in [-0.2, 0) is 16.8 Å². The van der Waals surface area contributed by atoms with E-state index in [1.165, 1.54) is 6.20 Å². The van der Waals surface area contributed by atoms with Gasteiger partial charge in [0.1, 0.15) is 11.9 Å². The SMILES string of the molecule is CC(C)Cn1cc([C@H](NS(=O)(=O)N(C)C)C(F)(F)F)c2cc(F)c(C3CC3)cc21. The summed E-state index contributed by atoms with van der Waals surface area (Å²) in [5, 5.41) is 0.0660. The molecule has 0 saturated heterocycles. The van der Waals surface area contributed by atoms with Gasteiger partial charge in [-0.3, -0.25) is 0 Å². The molecule has 0 amide bonds. The summed E-state index contributed by atoms with van der Waals surface area (Å²) in [4.78, 5) is 0. The van der Waals surface area contributed by atoms with Gasteiger partial charge in [-0.25, -0.2) is 4.39 Å². The molecule has 3 rings (SSSR count). The Morgan fingerprint density at radius 2 is 1.86 bits per heavy atom. The Morgan fingerprint density at radius 1 is 1.24 bits per heavy atom. The Morgan fingerprint density at radius 3 is 2.34 bits per heavy atom. The van der Waals surface area contributed by atoms with Crippen molar-refractivity contribution in [3.8, 4) is 0 Å². The fourth-order valence-electron chi connectivity index (χ4n) is 3.40. The Balaban J connectivity index is 2.21. The van der Waals surface area contributed by atoms with Gasteiger partial charge >= 0.3 is 6.18 Å². The number of nitrogens with one attached hydrogen (secondary N) is 1. The standard InChI is InChI=1S/C19H25F4N3O2S/c1-11(2)9-26-10-15(18(19(21,22)23)24-29(27,28)25(3)4)14-7-16(20)13(8-17(14)26)12-5-6-12/h7-8,10-12,18,24H,5-6,9H2,1-4H3/t18-/m0/s1. The maximum absolute atomic E-state index is 14.7. The van der Waals surface area contributed by atoms with Crippen LogP contribution >= 0.6 is 0 Å². The van der Waals surface area contributed by atoms with Crippen molar-refractivity contribution < 1.29 is 26.0 Å². The molecule has 0 unspecified atom stereocenters. The summed E-state index contributed by atoms with van der Waals surface area (Å²) in [5.41, 5.74) is 0.680. The molecule has 1 fully saturated rings. The number of hydrogen-bond acceptors (Lipinski definition) is 2. The van der Waals surface area contributed by atoms with E-state index < -0.39 is 28.2 Å². The molecule has 0 spiro atoms. The number of benzene rings is 1. The average Bonchev–Trinajstić information content (AvgIpc) is 3.35. The molecule has 1 N–H and O–H groups in total. The van der Waals surface area contributed by atoms with Crippen LogP contribution in [0.3, 0.4) is 0 Å². The fourth-order valence-corrected chi connectivity index (χ4v) is 4.17. The van der Waals surface area contributed by atoms with E-state index in [-0.39, 0.29) is 22.8 Å². The minimum Gasteiger partial charge on any atom is -0.347 e. The van der Waals surface area contributed by atoms with E-state index in [1.807, 2.05) is 13.8 Å². The Kier molecular flexibility index (Phi) is 5.74. The third-order valence-corrected chi connectivity index (χ3v) is 6.49. The summed E-state index contributed by atoms with van der Waals surface area (Å²) in [6, 6.07) is 0.233. The van der Waals surface area contributed by atoms with Gasteiger partial charge < -0.3 is 4.57 Å². The summed E-state index contributed by atoms with van der Waals surface area (Å²) in [5.74, 6) is -0.327. The number of nitrogens with zero attached hydrogens (tertiary/aromatic N) is 2. The zero-order valence-corrected chi connectivity index (χ0v) is 17.5. The highest BCUT2D eigenvalue weighted by atomic mass is 32.2. The normalized spacial score (nSPS) is 16.9.